The highest BCUT2D eigenvalue weighted by Gasteiger charge is 2.33. The van der Waals surface area contributed by atoms with Crippen molar-refractivity contribution in [2.75, 3.05) is 26.9 Å². The minimum atomic E-state index is 0.0460. The maximum atomic E-state index is 12.1. The van der Waals surface area contributed by atoms with Crippen molar-refractivity contribution in [3.05, 3.63) is 15.6 Å². The molecule has 0 unspecified atom stereocenters. The summed E-state index contributed by atoms with van der Waals surface area (Å²) in [6.45, 7) is 6.10. The molecular weight excluding hydrogens is 262 g/mol. The maximum Gasteiger partial charge on any atom is 0.175 e. The van der Waals surface area contributed by atoms with E-state index in [0.29, 0.717) is 26.2 Å². The highest BCUT2D eigenvalue weighted by molar-refractivity contribution is 7.13. The number of rotatable bonds is 6. The molecule has 19 heavy (non-hydrogen) atoms. The van der Waals surface area contributed by atoms with E-state index in [0.717, 1.165) is 28.4 Å². The number of nitrogens with zero attached hydrogens (tertiary/aromatic N) is 1. The number of carbonyl (C=O) groups is 1. The number of ketones is 1. The fraction of sp³-hybridized carbons (Fsp3) is 0.714. The summed E-state index contributed by atoms with van der Waals surface area (Å²) >= 11 is 1.54. The molecule has 1 heterocycles. The Morgan fingerprint density at radius 2 is 2.05 bits per heavy atom. The first-order valence-electron chi connectivity index (χ1n) is 6.60. The number of carbonyl (C=O) groups excluding carboxylic acids is 1. The van der Waals surface area contributed by atoms with Crippen LogP contribution in [0.1, 0.15) is 40.6 Å². The standard InChI is InChI=1S/C14H21NO3S/c1-14(2)8-10-13(11(16)9-14)19-12(15-10)4-5-18-7-6-17-3/h4-9H2,1-3H3. The summed E-state index contributed by atoms with van der Waals surface area (Å²) in [4.78, 5) is 17.5. The van der Waals surface area contributed by atoms with Gasteiger partial charge in [-0.1, -0.05) is 13.8 Å². The van der Waals surface area contributed by atoms with Gasteiger partial charge in [-0.15, -0.1) is 11.3 Å². The monoisotopic (exact) mass is 283 g/mol. The predicted molar refractivity (Wildman–Crippen MR) is 74.9 cm³/mol. The molecule has 1 aliphatic rings. The first-order valence-corrected chi connectivity index (χ1v) is 7.42. The Morgan fingerprint density at radius 3 is 2.79 bits per heavy atom. The zero-order chi connectivity index (χ0) is 13.9. The first kappa shape index (κ1) is 14.6. The fourth-order valence-corrected chi connectivity index (χ4v) is 3.28. The molecule has 4 nitrogen and oxygen atoms in total. The van der Waals surface area contributed by atoms with Gasteiger partial charge in [0, 0.05) is 20.0 Å². The average Bonchev–Trinajstić information content (AvgIpc) is 2.70. The Kier molecular flexibility index (Phi) is 4.71. The van der Waals surface area contributed by atoms with Crippen molar-refractivity contribution in [1.82, 2.24) is 4.98 Å². The largest absolute Gasteiger partial charge is 0.382 e. The van der Waals surface area contributed by atoms with E-state index in [2.05, 4.69) is 18.8 Å². The van der Waals surface area contributed by atoms with Crippen LogP contribution in [0.4, 0.5) is 0 Å². The maximum absolute atomic E-state index is 12.1. The van der Waals surface area contributed by atoms with Crippen LogP contribution in [0, 0.1) is 5.41 Å². The summed E-state index contributed by atoms with van der Waals surface area (Å²) in [5.74, 6) is 0.246. The zero-order valence-corrected chi connectivity index (χ0v) is 12.6. The lowest BCUT2D eigenvalue weighted by Crippen LogP contribution is -2.26. The van der Waals surface area contributed by atoms with E-state index in [1.54, 1.807) is 7.11 Å². The van der Waals surface area contributed by atoms with Gasteiger partial charge in [0.15, 0.2) is 5.78 Å². The van der Waals surface area contributed by atoms with Crippen molar-refractivity contribution in [3.63, 3.8) is 0 Å². The van der Waals surface area contributed by atoms with E-state index in [1.165, 1.54) is 11.3 Å². The Balaban J connectivity index is 1.93. The average molecular weight is 283 g/mol. The van der Waals surface area contributed by atoms with E-state index in [9.17, 15) is 4.79 Å². The molecule has 0 saturated carbocycles. The Bertz CT molecular complexity index is 454. The number of hydrogen-bond acceptors (Lipinski definition) is 5. The second-order valence-corrected chi connectivity index (χ2v) is 6.76. The second-order valence-electron chi connectivity index (χ2n) is 5.68. The van der Waals surface area contributed by atoms with Crippen LogP contribution in [0.25, 0.3) is 0 Å². The van der Waals surface area contributed by atoms with Crippen LogP contribution >= 0.6 is 11.3 Å². The van der Waals surface area contributed by atoms with E-state index < -0.39 is 0 Å². The number of Topliss-reactive ketones (excluding diaryl/α,β-unsaturated/α-hetero) is 1. The molecule has 0 N–H and O–H groups in total. The van der Waals surface area contributed by atoms with Crippen LogP contribution in [0.5, 0.6) is 0 Å². The molecule has 0 aromatic carbocycles. The predicted octanol–water partition coefficient (Wildman–Crippen LogP) is 2.50. The third kappa shape index (κ3) is 3.84. The first-order chi connectivity index (χ1) is 9.02. The van der Waals surface area contributed by atoms with Gasteiger partial charge in [0.05, 0.1) is 35.4 Å². The van der Waals surface area contributed by atoms with Crippen LogP contribution in [0.3, 0.4) is 0 Å². The topological polar surface area (TPSA) is 48.4 Å². The molecule has 0 saturated heterocycles. The van der Waals surface area contributed by atoms with Gasteiger partial charge in [-0.25, -0.2) is 4.98 Å². The molecule has 1 aromatic rings. The second kappa shape index (κ2) is 6.11. The van der Waals surface area contributed by atoms with Gasteiger partial charge in [0.1, 0.15) is 0 Å². The summed E-state index contributed by atoms with van der Waals surface area (Å²) in [5.41, 5.74) is 1.03. The van der Waals surface area contributed by atoms with Crippen LogP contribution in [-0.2, 0) is 22.3 Å². The molecule has 0 amide bonds. The highest BCUT2D eigenvalue weighted by atomic mass is 32.1. The van der Waals surface area contributed by atoms with Gasteiger partial charge in [-0.2, -0.15) is 0 Å². The van der Waals surface area contributed by atoms with E-state index in [1.807, 2.05) is 0 Å². The molecule has 0 radical (unpaired) electrons. The summed E-state index contributed by atoms with van der Waals surface area (Å²) in [6, 6.07) is 0. The summed E-state index contributed by atoms with van der Waals surface area (Å²) < 4.78 is 10.3. The van der Waals surface area contributed by atoms with Crippen LogP contribution in [-0.4, -0.2) is 37.7 Å². The Hall–Kier alpha value is -0.780. The van der Waals surface area contributed by atoms with Crippen LogP contribution < -0.4 is 0 Å². The third-order valence-corrected chi connectivity index (χ3v) is 4.37. The normalized spacial score (nSPS) is 17.5. The zero-order valence-electron chi connectivity index (χ0n) is 11.8. The summed E-state index contributed by atoms with van der Waals surface area (Å²) in [5, 5.41) is 1.01. The van der Waals surface area contributed by atoms with Crippen molar-refractivity contribution in [2.24, 2.45) is 5.41 Å². The van der Waals surface area contributed by atoms with Crippen molar-refractivity contribution < 1.29 is 14.3 Å². The van der Waals surface area contributed by atoms with Crippen molar-refractivity contribution >= 4 is 17.1 Å². The molecule has 0 fully saturated rings. The molecule has 1 aromatic heterocycles. The van der Waals surface area contributed by atoms with Gasteiger partial charge < -0.3 is 9.47 Å². The van der Waals surface area contributed by atoms with Gasteiger partial charge in [0.25, 0.3) is 0 Å². The van der Waals surface area contributed by atoms with Gasteiger partial charge >= 0.3 is 0 Å². The van der Waals surface area contributed by atoms with Crippen LogP contribution in [0.2, 0.25) is 0 Å². The molecule has 0 spiro atoms. The molecule has 1 aliphatic carbocycles. The minimum absolute atomic E-state index is 0.0460. The molecule has 5 heteroatoms. The number of ether oxygens (including phenoxy) is 2. The number of methoxy groups -OCH3 is 1. The van der Waals surface area contributed by atoms with Crippen molar-refractivity contribution in [1.29, 1.82) is 0 Å². The van der Waals surface area contributed by atoms with E-state index in [4.69, 9.17) is 9.47 Å². The summed E-state index contributed by atoms with van der Waals surface area (Å²) in [6.07, 6.45) is 2.30. The minimum Gasteiger partial charge on any atom is -0.382 e. The number of thiazole rings is 1. The van der Waals surface area contributed by atoms with Gasteiger partial charge in [-0.05, 0) is 11.8 Å². The van der Waals surface area contributed by atoms with Crippen LogP contribution in [0.15, 0.2) is 0 Å². The third-order valence-electron chi connectivity index (χ3n) is 3.17. The smallest absolute Gasteiger partial charge is 0.175 e. The molecule has 0 atom stereocenters. The van der Waals surface area contributed by atoms with E-state index in [-0.39, 0.29) is 11.2 Å². The Labute approximate surface area is 118 Å². The van der Waals surface area contributed by atoms with Crippen molar-refractivity contribution in [2.45, 2.75) is 33.1 Å². The lowest BCUT2D eigenvalue weighted by atomic mass is 9.78. The molecule has 0 bridgehead atoms. The summed E-state index contributed by atoms with van der Waals surface area (Å²) in [7, 11) is 1.66. The SMILES string of the molecule is COCCOCCc1nc2c(s1)C(=O)CC(C)(C)C2. The number of fused-ring (bicyclic) bond motifs is 1. The molecule has 2 rings (SSSR count). The van der Waals surface area contributed by atoms with Gasteiger partial charge in [-0.3, -0.25) is 4.79 Å². The lowest BCUT2D eigenvalue weighted by Gasteiger charge is -2.26. The fourth-order valence-electron chi connectivity index (χ4n) is 2.28. The Morgan fingerprint density at radius 1 is 1.26 bits per heavy atom. The molecule has 106 valence electrons. The van der Waals surface area contributed by atoms with Crippen molar-refractivity contribution in [3.8, 4) is 0 Å². The van der Waals surface area contributed by atoms with E-state index >= 15 is 0 Å². The molecular formula is C14H21NO3S. The quantitative estimate of drug-likeness (QED) is 0.753. The number of aromatic nitrogens is 1. The van der Waals surface area contributed by atoms with Gasteiger partial charge in [0.2, 0.25) is 0 Å². The number of hydrogen-bond donors (Lipinski definition) is 0. The highest BCUT2D eigenvalue weighted by Crippen LogP contribution is 2.36. The molecule has 0 aliphatic heterocycles. The lowest BCUT2D eigenvalue weighted by molar-refractivity contribution is 0.0722.